The van der Waals surface area contributed by atoms with Gasteiger partial charge >= 0.3 is 0 Å². The Labute approximate surface area is 119 Å². The summed E-state index contributed by atoms with van der Waals surface area (Å²) in [5, 5.41) is 6.13. The Kier molecular flexibility index (Phi) is 4.87. The third-order valence-corrected chi connectivity index (χ3v) is 3.64. The van der Waals surface area contributed by atoms with E-state index in [1.54, 1.807) is 18.2 Å². The van der Waals surface area contributed by atoms with Crippen molar-refractivity contribution in [2.45, 2.75) is 19.9 Å². The number of para-hydroxylation sites is 1. The van der Waals surface area contributed by atoms with Gasteiger partial charge in [0.1, 0.15) is 0 Å². The summed E-state index contributed by atoms with van der Waals surface area (Å²) >= 11 is 0. The molecule has 0 radical (unpaired) electrons. The second-order valence-electron chi connectivity index (χ2n) is 5.05. The Morgan fingerprint density at radius 2 is 1.90 bits per heavy atom. The molecule has 0 aliphatic carbocycles. The molecule has 1 heterocycles. The van der Waals surface area contributed by atoms with E-state index in [0.29, 0.717) is 11.3 Å². The number of carbonyl (C=O) groups excluding carboxylic acids is 2. The Morgan fingerprint density at radius 1 is 1.25 bits per heavy atom. The first kappa shape index (κ1) is 14.7. The number of nitrogens with zero attached hydrogens (tertiary/aromatic N) is 1. The molecule has 1 aromatic rings. The minimum absolute atomic E-state index is 0.0456. The fourth-order valence-electron chi connectivity index (χ4n) is 2.37. The number of hydrogen-bond acceptors (Lipinski definition) is 4. The third kappa shape index (κ3) is 3.43. The van der Waals surface area contributed by atoms with Crippen LogP contribution in [-0.4, -0.2) is 48.8 Å². The van der Waals surface area contributed by atoms with E-state index in [2.05, 4.69) is 15.5 Å². The van der Waals surface area contributed by atoms with Gasteiger partial charge in [0, 0.05) is 31.7 Å². The van der Waals surface area contributed by atoms with Gasteiger partial charge in [-0.1, -0.05) is 12.1 Å². The molecule has 0 spiro atoms. The van der Waals surface area contributed by atoms with Crippen molar-refractivity contribution in [1.29, 1.82) is 0 Å². The second-order valence-corrected chi connectivity index (χ2v) is 5.05. The summed E-state index contributed by atoms with van der Waals surface area (Å²) in [5.74, 6) is -0.115. The first-order chi connectivity index (χ1) is 9.59. The number of carbonyl (C=O) groups is 2. The van der Waals surface area contributed by atoms with Gasteiger partial charge in [0.15, 0.2) is 5.78 Å². The topological polar surface area (TPSA) is 61.4 Å². The molecule has 2 N–H and O–H groups in total. The van der Waals surface area contributed by atoms with Crippen LogP contribution in [0.25, 0.3) is 0 Å². The maximum Gasteiger partial charge on any atom is 0.241 e. The highest BCUT2D eigenvalue weighted by Crippen LogP contribution is 2.16. The van der Waals surface area contributed by atoms with Crippen LogP contribution < -0.4 is 10.6 Å². The summed E-state index contributed by atoms with van der Waals surface area (Å²) in [4.78, 5) is 26.0. The van der Waals surface area contributed by atoms with Gasteiger partial charge in [0.25, 0.3) is 0 Å². The monoisotopic (exact) mass is 275 g/mol. The summed E-state index contributed by atoms with van der Waals surface area (Å²) in [7, 11) is 0. The highest BCUT2D eigenvalue weighted by molar-refractivity contribution is 6.04. The van der Waals surface area contributed by atoms with Gasteiger partial charge in [-0.05, 0) is 26.0 Å². The summed E-state index contributed by atoms with van der Waals surface area (Å²) in [6.45, 7) is 6.94. The van der Waals surface area contributed by atoms with Crippen LogP contribution in [0.2, 0.25) is 0 Å². The molecule has 1 aliphatic heterocycles. The van der Waals surface area contributed by atoms with E-state index in [-0.39, 0.29) is 17.7 Å². The van der Waals surface area contributed by atoms with E-state index < -0.39 is 0 Å². The normalized spacial score (nSPS) is 17.5. The molecule has 5 heteroatoms. The van der Waals surface area contributed by atoms with Crippen molar-refractivity contribution < 1.29 is 9.59 Å². The Balaban J connectivity index is 2.05. The lowest BCUT2D eigenvalue weighted by molar-refractivity contribution is -0.120. The number of piperazine rings is 1. The van der Waals surface area contributed by atoms with Gasteiger partial charge in [-0.2, -0.15) is 0 Å². The van der Waals surface area contributed by atoms with Gasteiger partial charge < -0.3 is 10.6 Å². The first-order valence-corrected chi connectivity index (χ1v) is 6.95. The Bertz CT molecular complexity index is 496. The molecule has 0 bridgehead atoms. The molecule has 0 aromatic heterocycles. The van der Waals surface area contributed by atoms with Crippen molar-refractivity contribution in [1.82, 2.24) is 10.2 Å². The summed E-state index contributed by atoms with van der Waals surface area (Å²) < 4.78 is 0. The summed E-state index contributed by atoms with van der Waals surface area (Å²) in [6, 6.07) is 6.91. The molecule has 1 fully saturated rings. The smallest absolute Gasteiger partial charge is 0.241 e. The minimum atomic E-state index is -0.197. The summed E-state index contributed by atoms with van der Waals surface area (Å²) in [6.07, 6.45) is 0. The zero-order chi connectivity index (χ0) is 14.5. The number of ketones is 1. The average molecular weight is 275 g/mol. The van der Waals surface area contributed by atoms with Crippen LogP contribution in [0.3, 0.4) is 0 Å². The fraction of sp³-hybridized carbons (Fsp3) is 0.467. The second kappa shape index (κ2) is 6.63. The minimum Gasteiger partial charge on any atom is -0.324 e. The molecule has 1 amide bonds. The van der Waals surface area contributed by atoms with Crippen LogP contribution in [0.5, 0.6) is 0 Å². The van der Waals surface area contributed by atoms with E-state index in [1.807, 2.05) is 13.0 Å². The van der Waals surface area contributed by atoms with Crippen molar-refractivity contribution in [2.24, 2.45) is 0 Å². The number of amides is 1. The van der Waals surface area contributed by atoms with E-state index in [9.17, 15) is 9.59 Å². The van der Waals surface area contributed by atoms with Crippen LogP contribution in [-0.2, 0) is 4.79 Å². The first-order valence-electron chi connectivity index (χ1n) is 6.95. The van der Waals surface area contributed by atoms with Crippen LogP contribution in [0, 0.1) is 0 Å². The zero-order valence-corrected chi connectivity index (χ0v) is 12.0. The molecular weight excluding hydrogens is 254 g/mol. The molecule has 1 atom stereocenters. The SMILES string of the molecule is CC(=O)c1ccccc1NC(=O)C(C)N1CCNCC1. The van der Waals surface area contributed by atoms with Crippen LogP contribution in [0.1, 0.15) is 24.2 Å². The van der Waals surface area contributed by atoms with Gasteiger partial charge in [-0.15, -0.1) is 0 Å². The molecule has 108 valence electrons. The quantitative estimate of drug-likeness (QED) is 0.808. The number of anilines is 1. The van der Waals surface area contributed by atoms with Crippen molar-refractivity contribution in [2.75, 3.05) is 31.5 Å². The van der Waals surface area contributed by atoms with Gasteiger partial charge in [-0.3, -0.25) is 14.5 Å². The lowest BCUT2D eigenvalue weighted by Gasteiger charge is -2.31. The molecule has 1 unspecified atom stereocenters. The predicted molar refractivity (Wildman–Crippen MR) is 79.0 cm³/mol. The van der Waals surface area contributed by atoms with Crippen molar-refractivity contribution in [3.63, 3.8) is 0 Å². The average Bonchev–Trinajstić information content (AvgIpc) is 2.47. The highest BCUT2D eigenvalue weighted by Gasteiger charge is 2.23. The van der Waals surface area contributed by atoms with E-state index in [4.69, 9.17) is 0 Å². The number of Topliss-reactive ketones (excluding diaryl/α,β-unsaturated/α-hetero) is 1. The molecule has 2 rings (SSSR count). The van der Waals surface area contributed by atoms with Gasteiger partial charge in [-0.25, -0.2) is 0 Å². The maximum atomic E-state index is 12.3. The van der Waals surface area contributed by atoms with Crippen molar-refractivity contribution >= 4 is 17.4 Å². The third-order valence-electron chi connectivity index (χ3n) is 3.64. The number of benzene rings is 1. The van der Waals surface area contributed by atoms with Gasteiger partial charge in [0.2, 0.25) is 5.91 Å². The van der Waals surface area contributed by atoms with Crippen LogP contribution in [0.15, 0.2) is 24.3 Å². The Hall–Kier alpha value is -1.72. The van der Waals surface area contributed by atoms with Crippen LogP contribution >= 0.6 is 0 Å². The fourth-order valence-corrected chi connectivity index (χ4v) is 2.37. The van der Waals surface area contributed by atoms with Gasteiger partial charge in [0.05, 0.1) is 11.7 Å². The lowest BCUT2D eigenvalue weighted by Crippen LogP contribution is -2.51. The standard InChI is InChI=1S/C15H21N3O2/c1-11(18-9-7-16-8-10-18)15(20)17-14-6-4-3-5-13(14)12(2)19/h3-6,11,16H,7-10H2,1-2H3,(H,17,20). The molecule has 0 saturated carbocycles. The number of rotatable bonds is 4. The predicted octanol–water partition coefficient (Wildman–Crippen LogP) is 1.12. The molecule has 1 aromatic carbocycles. The molecule has 20 heavy (non-hydrogen) atoms. The maximum absolute atomic E-state index is 12.3. The van der Waals surface area contributed by atoms with Crippen molar-refractivity contribution in [3.8, 4) is 0 Å². The molecular formula is C15H21N3O2. The van der Waals surface area contributed by atoms with E-state index >= 15 is 0 Å². The van der Waals surface area contributed by atoms with Crippen molar-refractivity contribution in [3.05, 3.63) is 29.8 Å². The lowest BCUT2D eigenvalue weighted by atomic mass is 10.1. The Morgan fingerprint density at radius 3 is 2.55 bits per heavy atom. The zero-order valence-electron chi connectivity index (χ0n) is 12.0. The van der Waals surface area contributed by atoms with E-state index in [1.165, 1.54) is 6.92 Å². The number of hydrogen-bond donors (Lipinski definition) is 2. The molecule has 1 saturated heterocycles. The number of nitrogens with one attached hydrogen (secondary N) is 2. The van der Waals surface area contributed by atoms with E-state index in [0.717, 1.165) is 26.2 Å². The van der Waals surface area contributed by atoms with Crippen LogP contribution in [0.4, 0.5) is 5.69 Å². The molecule has 1 aliphatic rings. The summed E-state index contributed by atoms with van der Waals surface area (Å²) in [5.41, 5.74) is 1.14. The molecule has 5 nitrogen and oxygen atoms in total. The highest BCUT2D eigenvalue weighted by atomic mass is 16.2. The largest absolute Gasteiger partial charge is 0.324 e.